The van der Waals surface area contributed by atoms with Crippen LogP contribution in [0.3, 0.4) is 0 Å². The lowest BCUT2D eigenvalue weighted by Gasteiger charge is -2.13. The number of nitro benzene ring substituents is 1. The van der Waals surface area contributed by atoms with Gasteiger partial charge in [-0.2, -0.15) is 0 Å². The van der Waals surface area contributed by atoms with Crippen molar-refractivity contribution in [3.8, 4) is 17.1 Å². The van der Waals surface area contributed by atoms with Crippen molar-refractivity contribution in [2.75, 3.05) is 7.11 Å². The molecule has 0 radical (unpaired) electrons. The largest absolute Gasteiger partial charge is 0.496 e. The highest BCUT2D eigenvalue weighted by Gasteiger charge is 2.19. The summed E-state index contributed by atoms with van der Waals surface area (Å²) >= 11 is 1.52. The Labute approximate surface area is 161 Å². The van der Waals surface area contributed by atoms with E-state index in [2.05, 4.69) is 10.2 Å². The summed E-state index contributed by atoms with van der Waals surface area (Å²) in [5, 5.41) is 20.5. The lowest BCUT2D eigenvalue weighted by atomic mass is 10.1. The molecule has 0 amide bonds. The summed E-state index contributed by atoms with van der Waals surface area (Å²) in [6.07, 6.45) is 0. The minimum Gasteiger partial charge on any atom is -0.496 e. The molecule has 140 valence electrons. The van der Waals surface area contributed by atoms with Crippen molar-refractivity contribution in [3.05, 3.63) is 64.2 Å². The number of nitro groups is 1. The monoisotopic (exact) mass is 384 g/mol. The maximum atomic E-state index is 11.0. The first-order valence-electron chi connectivity index (χ1n) is 8.52. The molecule has 0 aliphatic rings. The van der Waals surface area contributed by atoms with Crippen LogP contribution in [0.25, 0.3) is 11.4 Å². The standard InChI is InChI=1S/C19H20N4O3S/c1-4-22-18(16-10-5-6-11-17(16)26-3)20-21-19(22)27-13(2)14-8-7-9-15(12-14)23(24)25/h5-13H,4H2,1-3H3. The molecule has 0 N–H and O–H groups in total. The van der Waals surface area contributed by atoms with Crippen LogP contribution in [-0.4, -0.2) is 26.8 Å². The normalized spacial score (nSPS) is 12.0. The number of non-ortho nitro benzene ring substituents is 1. The number of ether oxygens (including phenoxy) is 1. The van der Waals surface area contributed by atoms with E-state index in [1.54, 1.807) is 19.2 Å². The van der Waals surface area contributed by atoms with E-state index in [9.17, 15) is 10.1 Å². The zero-order valence-electron chi connectivity index (χ0n) is 15.3. The Kier molecular flexibility index (Phi) is 5.75. The van der Waals surface area contributed by atoms with Gasteiger partial charge in [0.15, 0.2) is 11.0 Å². The molecule has 2 aromatic carbocycles. The molecule has 3 rings (SSSR count). The summed E-state index contributed by atoms with van der Waals surface area (Å²) in [5.41, 5.74) is 1.84. The van der Waals surface area contributed by atoms with Crippen LogP contribution in [0.2, 0.25) is 0 Å². The maximum Gasteiger partial charge on any atom is 0.269 e. The van der Waals surface area contributed by atoms with Gasteiger partial charge in [-0.15, -0.1) is 10.2 Å². The summed E-state index contributed by atoms with van der Waals surface area (Å²) < 4.78 is 7.47. The molecule has 1 unspecified atom stereocenters. The molecule has 8 heteroatoms. The van der Waals surface area contributed by atoms with E-state index in [1.165, 1.54) is 17.8 Å². The lowest BCUT2D eigenvalue weighted by molar-refractivity contribution is -0.384. The van der Waals surface area contributed by atoms with Gasteiger partial charge in [0.2, 0.25) is 0 Å². The van der Waals surface area contributed by atoms with Crippen molar-refractivity contribution < 1.29 is 9.66 Å². The third-order valence-electron chi connectivity index (χ3n) is 4.21. The van der Waals surface area contributed by atoms with Crippen LogP contribution in [0.5, 0.6) is 5.75 Å². The average molecular weight is 384 g/mol. The smallest absolute Gasteiger partial charge is 0.269 e. The molecule has 0 saturated carbocycles. The first-order chi connectivity index (χ1) is 13.0. The molecule has 0 aliphatic heterocycles. The first-order valence-corrected chi connectivity index (χ1v) is 9.40. The molecule has 1 aromatic heterocycles. The van der Waals surface area contributed by atoms with Crippen molar-refractivity contribution in [3.63, 3.8) is 0 Å². The molecule has 0 spiro atoms. The van der Waals surface area contributed by atoms with E-state index < -0.39 is 0 Å². The van der Waals surface area contributed by atoms with Crippen LogP contribution in [0.15, 0.2) is 53.7 Å². The van der Waals surface area contributed by atoms with Gasteiger partial charge in [0.1, 0.15) is 5.75 Å². The van der Waals surface area contributed by atoms with E-state index in [1.807, 2.05) is 48.7 Å². The van der Waals surface area contributed by atoms with Crippen LogP contribution in [0, 0.1) is 10.1 Å². The number of methoxy groups -OCH3 is 1. The van der Waals surface area contributed by atoms with Gasteiger partial charge in [-0.25, -0.2) is 0 Å². The van der Waals surface area contributed by atoms with E-state index in [4.69, 9.17) is 4.74 Å². The summed E-state index contributed by atoms with van der Waals surface area (Å²) in [4.78, 5) is 10.6. The Morgan fingerprint density at radius 2 is 2.00 bits per heavy atom. The minimum absolute atomic E-state index is 0.00933. The fraction of sp³-hybridized carbons (Fsp3) is 0.263. The molecular formula is C19H20N4O3S. The Morgan fingerprint density at radius 3 is 2.70 bits per heavy atom. The van der Waals surface area contributed by atoms with Crippen molar-refractivity contribution in [2.45, 2.75) is 30.8 Å². The topological polar surface area (TPSA) is 83.1 Å². The van der Waals surface area contributed by atoms with Gasteiger partial charge in [-0.3, -0.25) is 10.1 Å². The molecule has 0 aliphatic carbocycles. The predicted octanol–water partition coefficient (Wildman–Crippen LogP) is 4.74. The van der Waals surface area contributed by atoms with Gasteiger partial charge < -0.3 is 9.30 Å². The third kappa shape index (κ3) is 3.95. The van der Waals surface area contributed by atoms with Crippen molar-refractivity contribution in [1.29, 1.82) is 0 Å². The van der Waals surface area contributed by atoms with Gasteiger partial charge in [-0.1, -0.05) is 36.0 Å². The van der Waals surface area contributed by atoms with Crippen LogP contribution in [0.4, 0.5) is 5.69 Å². The predicted molar refractivity (Wildman–Crippen MR) is 105 cm³/mol. The second-order valence-electron chi connectivity index (χ2n) is 5.86. The second-order valence-corrected chi connectivity index (χ2v) is 7.17. The highest BCUT2D eigenvalue weighted by atomic mass is 32.2. The quantitative estimate of drug-likeness (QED) is 0.332. The summed E-state index contributed by atoms with van der Waals surface area (Å²) in [7, 11) is 1.63. The number of nitrogens with zero attached hydrogens (tertiary/aromatic N) is 4. The molecule has 1 heterocycles. The number of thioether (sulfide) groups is 1. The lowest BCUT2D eigenvalue weighted by Crippen LogP contribution is -2.02. The molecule has 1 atom stereocenters. The van der Waals surface area contributed by atoms with E-state index in [0.717, 1.165) is 27.9 Å². The van der Waals surface area contributed by atoms with Crippen LogP contribution in [-0.2, 0) is 6.54 Å². The second kappa shape index (κ2) is 8.22. The number of rotatable bonds is 7. The zero-order chi connectivity index (χ0) is 19.4. The number of benzene rings is 2. The van der Waals surface area contributed by atoms with Crippen LogP contribution in [0.1, 0.15) is 24.7 Å². The van der Waals surface area contributed by atoms with Crippen molar-refractivity contribution in [1.82, 2.24) is 14.8 Å². The molecule has 27 heavy (non-hydrogen) atoms. The highest BCUT2D eigenvalue weighted by molar-refractivity contribution is 7.99. The van der Waals surface area contributed by atoms with Gasteiger partial charge in [0.05, 0.1) is 17.6 Å². The summed E-state index contributed by atoms with van der Waals surface area (Å²) in [6.45, 7) is 4.73. The van der Waals surface area contributed by atoms with E-state index in [0.29, 0.717) is 6.54 Å². The van der Waals surface area contributed by atoms with E-state index >= 15 is 0 Å². The number of hydrogen-bond acceptors (Lipinski definition) is 6. The average Bonchev–Trinajstić information content (AvgIpc) is 3.10. The number of para-hydroxylation sites is 1. The maximum absolute atomic E-state index is 11.0. The Hall–Kier alpha value is -2.87. The van der Waals surface area contributed by atoms with Gasteiger partial charge in [0, 0.05) is 23.9 Å². The fourth-order valence-corrected chi connectivity index (χ4v) is 3.84. The van der Waals surface area contributed by atoms with Gasteiger partial charge >= 0.3 is 0 Å². The molecule has 0 saturated heterocycles. The highest BCUT2D eigenvalue weighted by Crippen LogP contribution is 2.37. The van der Waals surface area contributed by atoms with Crippen molar-refractivity contribution >= 4 is 17.4 Å². The van der Waals surface area contributed by atoms with Gasteiger partial charge in [-0.05, 0) is 31.5 Å². The minimum atomic E-state index is -0.380. The molecule has 0 bridgehead atoms. The fourth-order valence-electron chi connectivity index (χ4n) is 2.81. The summed E-state index contributed by atoms with van der Waals surface area (Å²) in [5.74, 6) is 1.48. The molecule has 3 aromatic rings. The third-order valence-corrected chi connectivity index (χ3v) is 5.35. The van der Waals surface area contributed by atoms with Gasteiger partial charge in [0.25, 0.3) is 5.69 Å². The van der Waals surface area contributed by atoms with E-state index in [-0.39, 0.29) is 15.9 Å². The SMILES string of the molecule is CCn1c(SC(C)c2cccc([N+](=O)[O-])c2)nnc1-c1ccccc1OC. The Morgan fingerprint density at radius 1 is 1.22 bits per heavy atom. The Bertz CT molecular complexity index is 958. The van der Waals surface area contributed by atoms with Crippen LogP contribution < -0.4 is 4.74 Å². The number of aromatic nitrogens is 3. The molecule has 7 nitrogen and oxygen atoms in total. The first kappa shape index (κ1) is 18.9. The molecular weight excluding hydrogens is 364 g/mol. The zero-order valence-corrected chi connectivity index (χ0v) is 16.1. The summed E-state index contributed by atoms with van der Waals surface area (Å²) in [6, 6.07) is 14.4. The van der Waals surface area contributed by atoms with Crippen LogP contribution >= 0.6 is 11.8 Å². The van der Waals surface area contributed by atoms with Crippen molar-refractivity contribution in [2.24, 2.45) is 0 Å². The Balaban J connectivity index is 1.91. The molecule has 0 fully saturated rings. The number of hydrogen-bond donors (Lipinski definition) is 0.